The fraction of sp³-hybridized carbons (Fsp3) is 0.308. The normalized spacial score (nSPS) is 11.1. The first kappa shape index (κ1) is 12.1. The molecule has 90 valence electrons. The highest BCUT2D eigenvalue weighted by molar-refractivity contribution is 7.13. The van der Waals surface area contributed by atoms with Gasteiger partial charge in [0.05, 0.1) is 5.69 Å². The van der Waals surface area contributed by atoms with E-state index in [-0.39, 0.29) is 0 Å². The Morgan fingerprint density at radius 1 is 1.35 bits per heavy atom. The van der Waals surface area contributed by atoms with E-state index in [1.165, 1.54) is 5.56 Å². The molecule has 0 bridgehead atoms. The van der Waals surface area contributed by atoms with Gasteiger partial charge in [-0.1, -0.05) is 6.07 Å². The zero-order chi connectivity index (χ0) is 12.4. The predicted octanol–water partition coefficient (Wildman–Crippen LogP) is 2.76. The Bertz CT molecular complexity index is 517. The maximum absolute atomic E-state index is 6.02. The number of benzene rings is 1. The highest BCUT2D eigenvalue weighted by atomic mass is 32.1. The molecule has 0 atom stereocenters. The highest BCUT2D eigenvalue weighted by Crippen LogP contribution is 2.29. The molecule has 0 aliphatic rings. The summed E-state index contributed by atoms with van der Waals surface area (Å²) < 4.78 is 0. The molecule has 0 unspecified atom stereocenters. The van der Waals surface area contributed by atoms with E-state index in [2.05, 4.69) is 21.3 Å². The lowest BCUT2D eigenvalue weighted by molar-refractivity contribution is 0.398. The smallest absolute Gasteiger partial charge is 0.125 e. The summed E-state index contributed by atoms with van der Waals surface area (Å²) in [5.74, 6) is 0. The van der Waals surface area contributed by atoms with Crippen LogP contribution in [0.15, 0.2) is 23.6 Å². The quantitative estimate of drug-likeness (QED) is 0.848. The summed E-state index contributed by atoms with van der Waals surface area (Å²) in [6, 6.07) is 6.10. The lowest BCUT2D eigenvalue weighted by atomic mass is 10.1. The number of aromatic nitrogens is 1. The minimum atomic E-state index is 0.802. The maximum Gasteiger partial charge on any atom is 0.125 e. The van der Waals surface area contributed by atoms with Crippen LogP contribution >= 0.6 is 11.3 Å². The molecule has 0 fully saturated rings. The second-order valence-electron chi connectivity index (χ2n) is 4.47. The summed E-state index contributed by atoms with van der Waals surface area (Å²) in [6.07, 6.45) is 0. The Kier molecular flexibility index (Phi) is 3.45. The third kappa shape index (κ3) is 2.84. The van der Waals surface area contributed by atoms with Crippen molar-refractivity contribution < 1.29 is 0 Å². The molecular formula is C13H17N3S. The molecule has 0 aliphatic carbocycles. The van der Waals surface area contributed by atoms with Gasteiger partial charge in [0.1, 0.15) is 5.01 Å². The Morgan fingerprint density at radius 3 is 2.76 bits per heavy atom. The first-order valence-electron chi connectivity index (χ1n) is 5.52. The van der Waals surface area contributed by atoms with Crippen molar-refractivity contribution in [1.29, 1.82) is 0 Å². The van der Waals surface area contributed by atoms with Crippen molar-refractivity contribution in [1.82, 2.24) is 9.88 Å². The zero-order valence-electron chi connectivity index (χ0n) is 10.4. The largest absolute Gasteiger partial charge is 0.398 e. The number of aryl methyl sites for hydroxylation is 1. The number of thiazole rings is 1. The standard InChI is InChI=1S/C13H17N3S/c1-9-4-5-11(12(14)6-9)13-15-10(8-17-13)7-16(2)3/h4-6,8H,7,14H2,1-3H3. The number of hydrogen-bond donors (Lipinski definition) is 1. The number of nitrogens with zero attached hydrogens (tertiary/aromatic N) is 2. The molecule has 0 spiro atoms. The zero-order valence-corrected chi connectivity index (χ0v) is 11.2. The Balaban J connectivity index is 2.30. The summed E-state index contributed by atoms with van der Waals surface area (Å²) in [5.41, 5.74) is 10.1. The SMILES string of the molecule is Cc1ccc(-c2nc(CN(C)C)cs2)c(N)c1. The number of anilines is 1. The number of hydrogen-bond acceptors (Lipinski definition) is 4. The van der Waals surface area contributed by atoms with Gasteiger partial charge in [0.2, 0.25) is 0 Å². The van der Waals surface area contributed by atoms with E-state index in [4.69, 9.17) is 5.73 Å². The number of rotatable bonds is 3. The van der Waals surface area contributed by atoms with E-state index in [0.29, 0.717) is 0 Å². The van der Waals surface area contributed by atoms with Crippen molar-refractivity contribution in [3.63, 3.8) is 0 Å². The van der Waals surface area contributed by atoms with Crippen LogP contribution < -0.4 is 5.73 Å². The van der Waals surface area contributed by atoms with Crippen LogP contribution in [0.4, 0.5) is 5.69 Å². The number of nitrogen functional groups attached to an aromatic ring is 1. The van der Waals surface area contributed by atoms with Crippen LogP contribution in [0.2, 0.25) is 0 Å². The van der Waals surface area contributed by atoms with Crippen LogP contribution in [0.1, 0.15) is 11.3 Å². The molecule has 2 rings (SSSR count). The molecule has 0 saturated heterocycles. The van der Waals surface area contributed by atoms with Crippen molar-refractivity contribution in [3.05, 3.63) is 34.8 Å². The van der Waals surface area contributed by atoms with E-state index in [0.717, 1.165) is 28.5 Å². The van der Waals surface area contributed by atoms with Gasteiger partial charge in [-0.2, -0.15) is 0 Å². The van der Waals surface area contributed by atoms with Gasteiger partial charge in [-0.25, -0.2) is 4.98 Å². The number of nitrogens with two attached hydrogens (primary N) is 1. The fourth-order valence-corrected chi connectivity index (χ4v) is 2.56. The summed E-state index contributed by atoms with van der Waals surface area (Å²) >= 11 is 1.65. The first-order valence-corrected chi connectivity index (χ1v) is 6.40. The van der Waals surface area contributed by atoms with Crippen LogP contribution in [-0.2, 0) is 6.54 Å². The molecular weight excluding hydrogens is 230 g/mol. The lowest BCUT2D eigenvalue weighted by Gasteiger charge is -2.06. The van der Waals surface area contributed by atoms with E-state index in [1.807, 2.05) is 33.2 Å². The molecule has 2 aromatic rings. The van der Waals surface area contributed by atoms with Crippen molar-refractivity contribution in [2.75, 3.05) is 19.8 Å². The predicted molar refractivity (Wildman–Crippen MR) is 74.1 cm³/mol. The van der Waals surface area contributed by atoms with E-state index in [1.54, 1.807) is 11.3 Å². The van der Waals surface area contributed by atoms with Gasteiger partial charge in [-0.3, -0.25) is 0 Å². The Labute approximate surface area is 106 Å². The first-order chi connectivity index (χ1) is 8.06. The minimum absolute atomic E-state index is 0.802. The molecule has 1 heterocycles. The molecule has 0 saturated carbocycles. The molecule has 1 aromatic heterocycles. The van der Waals surface area contributed by atoms with Gasteiger partial charge < -0.3 is 10.6 Å². The van der Waals surface area contributed by atoms with Gasteiger partial charge in [-0.05, 0) is 38.7 Å². The topological polar surface area (TPSA) is 42.2 Å². The summed E-state index contributed by atoms with van der Waals surface area (Å²) in [6.45, 7) is 2.90. The van der Waals surface area contributed by atoms with Crippen LogP contribution in [0.25, 0.3) is 10.6 Å². The van der Waals surface area contributed by atoms with Gasteiger partial charge in [-0.15, -0.1) is 11.3 Å². The lowest BCUT2D eigenvalue weighted by Crippen LogP contribution is -2.10. The van der Waals surface area contributed by atoms with Gasteiger partial charge in [0, 0.05) is 23.2 Å². The van der Waals surface area contributed by atoms with Crippen LogP contribution in [0, 0.1) is 6.92 Å². The molecule has 0 amide bonds. The van der Waals surface area contributed by atoms with Gasteiger partial charge in [0.25, 0.3) is 0 Å². The minimum Gasteiger partial charge on any atom is -0.398 e. The summed E-state index contributed by atoms with van der Waals surface area (Å²) in [5, 5.41) is 3.09. The van der Waals surface area contributed by atoms with E-state index in [9.17, 15) is 0 Å². The van der Waals surface area contributed by atoms with Gasteiger partial charge in [0.15, 0.2) is 0 Å². The molecule has 17 heavy (non-hydrogen) atoms. The Morgan fingerprint density at radius 2 is 2.12 bits per heavy atom. The van der Waals surface area contributed by atoms with Crippen LogP contribution in [0.3, 0.4) is 0 Å². The molecule has 1 aromatic carbocycles. The Hall–Kier alpha value is -1.39. The third-order valence-electron chi connectivity index (χ3n) is 2.47. The molecule has 4 heteroatoms. The van der Waals surface area contributed by atoms with Crippen molar-refractivity contribution in [2.24, 2.45) is 0 Å². The third-order valence-corrected chi connectivity index (χ3v) is 3.39. The highest BCUT2D eigenvalue weighted by Gasteiger charge is 2.08. The second kappa shape index (κ2) is 4.85. The van der Waals surface area contributed by atoms with Crippen molar-refractivity contribution in [3.8, 4) is 10.6 Å². The van der Waals surface area contributed by atoms with Gasteiger partial charge >= 0.3 is 0 Å². The van der Waals surface area contributed by atoms with E-state index >= 15 is 0 Å². The summed E-state index contributed by atoms with van der Waals surface area (Å²) in [7, 11) is 4.08. The average Bonchev–Trinajstić information content (AvgIpc) is 2.65. The molecule has 0 aliphatic heterocycles. The van der Waals surface area contributed by atoms with Crippen molar-refractivity contribution >= 4 is 17.0 Å². The van der Waals surface area contributed by atoms with Crippen molar-refractivity contribution in [2.45, 2.75) is 13.5 Å². The maximum atomic E-state index is 6.02. The van der Waals surface area contributed by atoms with Crippen LogP contribution in [0.5, 0.6) is 0 Å². The molecule has 3 nitrogen and oxygen atoms in total. The fourth-order valence-electron chi connectivity index (χ4n) is 1.70. The average molecular weight is 247 g/mol. The molecule has 2 N–H and O–H groups in total. The molecule has 0 radical (unpaired) electrons. The van der Waals surface area contributed by atoms with E-state index < -0.39 is 0 Å². The monoisotopic (exact) mass is 247 g/mol. The van der Waals surface area contributed by atoms with Crippen LogP contribution in [-0.4, -0.2) is 24.0 Å². The summed E-state index contributed by atoms with van der Waals surface area (Å²) in [4.78, 5) is 6.72. The second-order valence-corrected chi connectivity index (χ2v) is 5.33.